The standard InChI is InChI=1S/C15H31N3O/c1-13(10-14-6-4-3-5-7-16-14)17-11-15-12-18(2)8-9-19-15/h13-17H,3-12H2,1-2H3. The van der Waals surface area contributed by atoms with Crippen molar-refractivity contribution in [3.05, 3.63) is 0 Å². The minimum absolute atomic E-state index is 0.364. The lowest BCUT2D eigenvalue weighted by molar-refractivity contribution is -0.0192. The monoisotopic (exact) mass is 269 g/mol. The zero-order valence-electron chi connectivity index (χ0n) is 12.7. The fourth-order valence-corrected chi connectivity index (χ4v) is 3.13. The van der Waals surface area contributed by atoms with Crippen molar-refractivity contribution in [2.24, 2.45) is 0 Å². The van der Waals surface area contributed by atoms with Crippen molar-refractivity contribution in [2.75, 3.05) is 39.8 Å². The van der Waals surface area contributed by atoms with Crippen LogP contribution >= 0.6 is 0 Å². The number of likely N-dealkylation sites (N-methyl/N-ethyl adjacent to an activating group) is 1. The number of nitrogens with one attached hydrogen (secondary N) is 2. The zero-order valence-corrected chi connectivity index (χ0v) is 12.7. The van der Waals surface area contributed by atoms with Crippen molar-refractivity contribution >= 4 is 0 Å². The van der Waals surface area contributed by atoms with Crippen LogP contribution in [0.3, 0.4) is 0 Å². The summed E-state index contributed by atoms with van der Waals surface area (Å²) < 4.78 is 5.79. The van der Waals surface area contributed by atoms with Gasteiger partial charge in [0.15, 0.2) is 0 Å². The highest BCUT2D eigenvalue weighted by molar-refractivity contribution is 4.78. The first-order chi connectivity index (χ1) is 9.24. The summed E-state index contributed by atoms with van der Waals surface area (Å²) in [6.07, 6.45) is 7.08. The van der Waals surface area contributed by atoms with Gasteiger partial charge in [-0.05, 0) is 39.8 Å². The molecule has 2 heterocycles. The van der Waals surface area contributed by atoms with Crippen molar-refractivity contribution in [3.63, 3.8) is 0 Å². The van der Waals surface area contributed by atoms with Crippen LogP contribution in [0.4, 0.5) is 0 Å². The van der Waals surface area contributed by atoms with Crippen LogP contribution in [-0.2, 0) is 4.74 Å². The van der Waals surface area contributed by atoms with E-state index >= 15 is 0 Å². The Balaban J connectivity index is 1.61. The normalized spacial score (nSPS) is 31.9. The number of morpholine rings is 1. The maximum Gasteiger partial charge on any atom is 0.0826 e. The number of ether oxygens (including phenoxy) is 1. The summed E-state index contributed by atoms with van der Waals surface area (Å²) in [4.78, 5) is 2.35. The number of rotatable bonds is 5. The Kier molecular flexibility index (Phi) is 6.57. The predicted octanol–water partition coefficient (Wildman–Crippen LogP) is 1.22. The van der Waals surface area contributed by atoms with Crippen LogP contribution in [0.15, 0.2) is 0 Å². The van der Waals surface area contributed by atoms with Gasteiger partial charge in [0.05, 0.1) is 12.7 Å². The number of nitrogens with zero attached hydrogens (tertiary/aromatic N) is 1. The smallest absolute Gasteiger partial charge is 0.0826 e. The van der Waals surface area contributed by atoms with E-state index in [1.807, 2.05) is 0 Å². The molecule has 112 valence electrons. The summed E-state index contributed by atoms with van der Waals surface area (Å²) in [7, 11) is 2.17. The second-order valence-electron chi connectivity index (χ2n) is 6.30. The Morgan fingerprint density at radius 2 is 2.26 bits per heavy atom. The topological polar surface area (TPSA) is 36.5 Å². The first-order valence-corrected chi connectivity index (χ1v) is 8.01. The molecule has 0 aliphatic carbocycles. The van der Waals surface area contributed by atoms with Crippen LogP contribution in [0.1, 0.15) is 39.0 Å². The van der Waals surface area contributed by atoms with Crippen molar-refractivity contribution in [3.8, 4) is 0 Å². The van der Waals surface area contributed by atoms with E-state index in [4.69, 9.17) is 4.74 Å². The molecule has 19 heavy (non-hydrogen) atoms. The van der Waals surface area contributed by atoms with E-state index in [-0.39, 0.29) is 0 Å². The van der Waals surface area contributed by atoms with Gasteiger partial charge in [0, 0.05) is 31.7 Å². The van der Waals surface area contributed by atoms with Gasteiger partial charge >= 0.3 is 0 Å². The third-order valence-electron chi connectivity index (χ3n) is 4.34. The van der Waals surface area contributed by atoms with E-state index in [1.54, 1.807) is 0 Å². The van der Waals surface area contributed by atoms with E-state index in [9.17, 15) is 0 Å². The molecule has 0 amide bonds. The van der Waals surface area contributed by atoms with Gasteiger partial charge in [-0.1, -0.05) is 12.8 Å². The molecule has 2 aliphatic rings. The summed E-state index contributed by atoms with van der Waals surface area (Å²) in [5.74, 6) is 0. The molecule has 0 spiro atoms. The first-order valence-electron chi connectivity index (χ1n) is 8.01. The highest BCUT2D eigenvalue weighted by Crippen LogP contribution is 2.12. The van der Waals surface area contributed by atoms with Gasteiger partial charge < -0.3 is 20.3 Å². The maximum atomic E-state index is 5.79. The van der Waals surface area contributed by atoms with Crippen LogP contribution in [-0.4, -0.2) is 62.9 Å². The van der Waals surface area contributed by atoms with Crippen LogP contribution in [0, 0.1) is 0 Å². The molecule has 0 saturated carbocycles. The molecule has 3 atom stereocenters. The van der Waals surface area contributed by atoms with E-state index in [1.165, 1.54) is 38.6 Å². The maximum absolute atomic E-state index is 5.79. The van der Waals surface area contributed by atoms with Gasteiger partial charge in [-0.2, -0.15) is 0 Å². The summed E-state index contributed by atoms with van der Waals surface area (Å²) in [6, 6.07) is 1.28. The molecule has 0 aromatic carbocycles. The Labute approximate surface area is 118 Å². The Morgan fingerprint density at radius 3 is 3.11 bits per heavy atom. The lowest BCUT2D eigenvalue weighted by atomic mass is 10.0. The van der Waals surface area contributed by atoms with E-state index in [0.29, 0.717) is 18.2 Å². The average molecular weight is 269 g/mol. The van der Waals surface area contributed by atoms with E-state index < -0.39 is 0 Å². The zero-order chi connectivity index (χ0) is 13.5. The van der Waals surface area contributed by atoms with Gasteiger partial charge in [0.2, 0.25) is 0 Å². The minimum atomic E-state index is 0.364. The molecule has 2 fully saturated rings. The molecule has 4 nitrogen and oxygen atoms in total. The highest BCUT2D eigenvalue weighted by atomic mass is 16.5. The molecule has 0 radical (unpaired) electrons. The minimum Gasteiger partial charge on any atom is -0.374 e. The molecule has 4 heteroatoms. The number of hydrogen-bond acceptors (Lipinski definition) is 4. The molecule has 2 N–H and O–H groups in total. The largest absolute Gasteiger partial charge is 0.374 e. The third kappa shape index (κ3) is 5.78. The van der Waals surface area contributed by atoms with Gasteiger partial charge in [-0.15, -0.1) is 0 Å². The van der Waals surface area contributed by atoms with E-state index in [0.717, 1.165) is 26.2 Å². The lowest BCUT2D eigenvalue weighted by Crippen LogP contribution is -2.47. The Bertz CT molecular complexity index is 242. The quantitative estimate of drug-likeness (QED) is 0.787. The van der Waals surface area contributed by atoms with Gasteiger partial charge in [0.1, 0.15) is 0 Å². The van der Waals surface area contributed by atoms with Crippen molar-refractivity contribution in [1.82, 2.24) is 15.5 Å². The highest BCUT2D eigenvalue weighted by Gasteiger charge is 2.19. The Morgan fingerprint density at radius 1 is 1.37 bits per heavy atom. The molecule has 2 saturated heterocycles. The molecule has 2 aliphatic heterocycles. The average Bonchev–Trinajstić information content (AvgIpc) is 2.65. The van der Waals surface area contributed by atoms with Crippen LogP contribution in [0.25, 0.3) is 0 Å². The molecular weight excluding hydrogens is 238 g/mol. The summed E-state index contributed by atoms with van der Waals surface area (Å²) >= 11 is 0. The third-order valence-corrected chi connectivity index (χ3v) is 4.34. The molecule has 0 aromatic rings. The van der Waals surface area contributed by atoms with Gasteiger partial charge in [-0.25, -0.2) is 0 Å². The lowest BCUT2D eigenvalue weighted by Gasteiger charge is -2.31. The van der Waals surface area contributed by atoms with Crippen LogP contribution in [0.2, 0.25) is 0 Å². The second-order valence-corrected chi connectivity index (χ2v) is 6.30. The SMILES string of the molecule is CC(CC1CCCCCN1)NCC1CN(C)CCO1. The van der Waals surface area contributed by atoms with Crippen LogP contribution in [0.5, 0.6) is 0 Å². The van der Waals surface area contributed by atoms with Gasteiger partial charge in [-0.3, -0.25) is 0 Å². The van der Waals surface area contributed by atoms with Crippen LogP contribution < -0.4 is 10.6 Å². The second kappa shape index (κ2) is 8.20. The Hall–Kier alpha value is -0.160. The summed E-state index contributed by atoms with van der Waals surface area (Å²) in [6.45, 7) is 7.49. The molecule has 3 unspecified atom stereocenters. The first kappa shape index (κ1) is 15.2. The molecule has 0 aromatic heterocycles. The fraction of sp³-hybridized carbons (Fsp3) is 1.00. The molecule has 0 bridgehead atoms. The van der Waals surface area contributed by atoms with Crippen molar-refractivity contribution in [1.29, 1.82) is 0 Å². The summed E-state index contributed by atoms with van der Waals surface area (Å²) in [5, 5.41) is 7.33. The van der Waals surface area contributed by atoms with Gasteiger partial charge in [0.25, 0.3) is 0 Å². The molecule has 2 rings (SSSR count). The van der Waals surface area contributed by atoms with Crippen molar-refractivity contribution < 1.29 is 4.74 Å². The summed E-state index contributed by atoms with van der Waals surface area (Å²) in [5.41, 5.74) is 0. The predicted molar refractivity (Wildman–Crippen MR) is 79.6 cm³/mol. The fourth-order valence-electron chi connectivity index (χ4n) is 3.13. The molecular formula is C15H31N3O. The number of hydrogen-bond donors (Lipinski definition) is 2. The van der Waals surface area contributed by atoms with Crippen molar-refractivity contribution in [2.45, 2.75) is 57.2 Å². The van der Waals surface area contributed by atoms with E-state index in [2.05, 4.69) is 29.5 Å².